The van der Waals surface area contributed by atoms with Gasteiger partial charge >= 0.3 is 0 Å². The molecule has 0 aliphatic rings. The third-order valence-electron chi connectivity index (χ3n) is 3.37. The van der Waals surface area contributed by atoms with E-state index in [1.54, 1.807) is 43.3 Å². The molecule has 22 heavy (non-hydrogen) atoms. The van der Waals surface area contributed by atoms with Crippen molar-refractivity contribution in [1.29, 1.82) is 0 Å². The Hall–Kier alpha value is -2.95. The van der Waals surface area contributed by atoms with Crippen LogP contribution in [0.1, 0.15) is 15.9 Å². The molecule has 0 spiro atoms. The van der Waals surface area contributed by atoms with Crippen molar-refractivity contribution in [3.8, 4) is 0 Å². The maximum absolute atomic E-state index is 13.8. The van der Waals surface area contributed by atoms with Crippen LogP contribution in [0.5, 0.6) is 0 Å². The van der Waals surface area contributed by atoms with Crippen LogP contribution < -0.4 is 10.9 Å². The number of carbonyl (C=O) groups excluding carboxylic acids is 1. The molecule has 0 aliphatic carbocycles. The quantitative estimate of drug-likeness (QED) is 0.762. The van der Waals surface area contributed by atoms with Gasteiger partial charge in [-0.05, 0) is 30.7 Å². The summed E-state index contributed by atoms with van der Waals surface area (Å²) in [5.41, 5.74) is 1.31. The Labute approximate surface area is 125 Å². The van der Waals surface area contributed by atoms with Crippen LogP contribution in [0.3, 0.4) is 0 Å². The third-order valence-corrected chi connectivity index (χ3v) is 3.37. The lowest BCUT2D eigenvalue weighted by Crippen LogP contribution is -2.17. The zero-order valence-corrected chi connectivity index (χ0v) is 11.8. The number of fused-ring (bicyclic) bond motifs is 1. The number of aryl methyl sites for hydroxylation is 1. The number of halogens is 1. The second-order valence-corrected chi connectivity index (χ2v) is 5.03. The van der Waals surface area contributed by atoms with Crippen molar-refractivity contribution in [2.24, 2.45) is 0 Å². The van der Waals surface area contributed by atoms with Crippen LogP contribution in [0.4, 0.5) is 10.1 Å². The van der Waals surface area contributed by atoms with Crippen molar-refractivity contribution in [2.75, 3.05) is 5.32 Å². The van der Waals surface area contributed by atoms with Crippen LogP contribution in [0, 0.1) is 12.7 Å². The molecule has 1 heterocycles. The van der Waals surface area contributed by atoms with Crippen LogP contribution in [-0.4, -0.2) is 10.9 Å². The lowest BCUT2D eigenvalue weighted by molar-refractivity contribution is 0.102. The number of hydrogen-bond acceptors (Lipinski definition) is 2. The molecule has 2 aromatic carbocycles. The molecule has 1 aromatic heterocycles. The maximum atomic E-state index is 13.8. The van der Waals surface area contributed by atoms with E-state index in [1.165, 1.54) is 12.1 Å². The van der Waals surface area contributed by atoms with E-state index in [2.05, 4.69) is 10.3 Å². The molecule has 0 saturated carbocycles. The third kappa shape index (κ3) is 2.61. The number of aromatic amines is 1. The van der Waals surface area contributed by atoms with E-state index in [-0.39, 0.29) is 16.8 Å². The Morgan fingerprint density at radius 3 is 2.73 bits per heavy atom. The Morgan fingerprint density at radius 1 is 1.14 bits per heavy atom. The minimum Gasteiger partial charge on any atom is -0.322 e. The number of nitrogens with one attached hydrogen (secondary N) is 2. The van der Waals surface area contributed by atoms with Gasteiger partial charge in [0.05, 0.1) is 11.3 Å². The summed E-state index contributed by atoms with van der Waals surface area (Å²) in [6.45, 7) is 1.80. The first-order chi connectivity index (χ1) is 10.5. The Kier molecular flexibility index (Phi) is 3.47. The molecule has 110 valence electrons. The average molecular weight is 296 g/mol. The highest BCUT2D eigenvalue weighted by molar-refractivity contribution is 6.12. The fraction of sp³-hybridized carbons (Fsp3) is 0.0588. The van der Waals surface area contributed by atoms with Crippen LogP contribution in [0.15, 0.2) is 53.3 Å². The molecule has 3 aromatic rings. The highest BCUT2D eigenvalue weighted by atomic mass is 19.1. The number of benzene rings is 2. The average Bonchev–Trinajstić information content (AvgIpc) is 2.50. The summed E-state index contributed by atoms with van der Waals surface area (Å²) in [6.07, 6.45) is 0. The first-order valence-electron chi connectivity index (χ1n) is 6.74. The number of carbonyl (C=O) groups is 1. The van der Waals surface area contributed by atoms with Gasteiger partial charge in [0.15, 0.2) is 0 Å². The molecule has 0 atom stereocenters. The fourth-order valence-corrected chi connectivity index (χ4v) is 2.32. The van der Waals surface area contributed by atoms with Crippen molar-refractivity contribution in [3.63, 3.8) is 0 Å². The molecule has 0 aliphatic heterocycles. The van der Waals surface area contributed by atoms with E-state index < -0.39 is 11.7 Å². The van der Waals surface area contributed by atoms with E-state index in [9.17, 15) is 14.0 Å². The Balaban J connectivity index is 2.06. The summed E-state index contributed by atoms with van der Waals surface area (Å²) in [5, 5.41) is 3.12. The predicted octanol–water partition coefficient (Wildman–Crippen LogP) is 3.23. The van der Waals surface area contributed by atoms with Gasteiger partial charge in [-0.3, -0.25) is 9.59 Å². The molecule has 0 unspecified atom stereocenters. The number of H-pyrrole nitrogens is 1. The largest absolute Gasteiger partial charge is 0.322 e. The number of hydrogen-bond donors (Lipinski definition) is 2. The van der Waals surface area contributed by atoms with Gasteiger partial charge in [-0.2, -0.15) is 0 Å². The molecule has 0 bridgehead atoms. The second kappa shape index (κ2) is 5.44. The second-order valence-electron chi connectivity index (χ2n) is 5.03. The molecule has 0 radical (unpaired) electrons. The monoisotopic (exact) mass is 296 g/mol. The van der Waals surface area contributed by atoms with E-state index in [1.807, 2.05) is 0 Å². The molecule has 4 nitrogen and oxygen atoms in total. The van der Waals surface area contributed by atoms with Gasteiger partial charge in [-0.15, -0.1) is 0 Å². The topological polar surface area (TPSA) is 62.0 Å². The maximum Gasteiger partial charge on any atom is 0.256 e. The van der Waals surface area contributed by atoms with E-state index in [4.69, 9.17) is 0 Å². The van der Waals surface area contributed by atoms with Gasteiger partial charge in [0.2, 0.25) is 5.56 Å². The van der Waals surface area contributed by atoms with Gasteiger partial charge in [-0.1, -0.05) is 24.3 Å². The zero-order chi connectivity index (χ0) is 15.7. The smallest absolute Gasteiger partial charge is 0.256 e. The number of rotatable bonds is 2. The number of aromatic nitrogens is 1. The molecule has 5 heteroatoms. The van der Waals surface area contributed by atoms with Gasteiger partial charge < -0.3 is 10.3 Å². The van der Waals surface area contributed by atoms with Gasteiger partial charge in [0.25, 0.3) is 5.91 Å². The van der Waals surface area contributed by atoms with Crippen LogP contribution in [0.2, 0.25) is 0 Å². The highest BCUT2D eigenvalue weighted by Gasteiger charge is 2.13. The number of anilines is 1. The van der Waals surface area contributed by atoms with E-state index >= 15 is 0 Å². The molecule has 3 rings (SSSR count). The Morgan fingerprint density at radius 2 is 1.91 bits per heavy atom. The normalized spacial score (nSPS) is 10.6. The van der Waals surface area contributed by atoms with Crippen LogP contribution in [0.25, 0.3) is 10.9 Å². The lowest BCUT2D eigenvalue weighted by atomic mass is 10.1. The van der Waals surface area contributed by atoms with Crippen molar-refractivity contribution in [3.05, 3.63) is 75.8 Å². The summed E-state index contributed by atoms with van der Waals surface area (Å²) in [5.74, 6) is -1.04. The minimum absolute atomic E-state index is 0.0920. The highest BCUT2D eigenvalue weighted by Crippen LogP contribution is 2.19. The summed E-state index contributed by atoms with van der Waals surface area (Å²) >= 11 is 0. The van der Waals surface area contributed by atoms with Crippen molar-refractivity contribution in [1.82, 2.24) is 4.98 Å². The SMILES string of the molecule is Cc1ccc(F)c(NC(=O)c2cc(=O)[nH]c3ccccc23)c1. The summed E-state index contributed by atoms with van der Waals surface area (Å²) in [7, 11) is 0. The molecule has 1 amide bonds. The summed E-state index contributed by atoms with van der Waals surface area (Å²) < 4.78 is 13.8. The fourth-order valence-electron chi connectivity index (χ4n) is 2.32. The first-order valence-corrected chi connectivity index (χ1v) is 6.74. The van der Waals surface area contributed by atoms with Crippen molar-refractivity contribution in [2.45, 2.75) is 6.92 Å². The summed E-state index contributed by atoms with van der Waals surface area (Å²) in [6, 6.07) is 12.6. The van der Waals surface area contributed by atoms with Crippen molar-refractivity contribution < 1.29 is 9.18 Å². The first kappa shape index (κ1) is 14.0. The van der Waals surface area contributed by atoms with Gasteiger partial charge in [0, 0.05) is 17.0 Å². The minimum atomic E-state index is -0.521. The number of pyridine rings is 1. The van der Waals surface area contributed by atoms with E-state index in [0.717, 1.165) is 5.56 Å². The molecule has 0 saturated heterocycles. The molecular formula is C17H13FN2O2. The molecule has 0 fully saturated rings. The zero-order valence-electron chi connectivity index (χ0n) is 11.8. The Bertz CT molecular complexity index is 931. The molecular weight excluding hydrogens is 283 g/mol. The summed E-state index contributed by atoms with van der Waals surface area (Å²) in [4.78, 5) is 26.7. The number of para-hydroxylation sites is 1. The van der Waals surface area contributed by atoms with Crippen LogP contribution >= 0.6 is 0 Å². The standard InChI is InChI=1S/C17H13FN2O2/c1-10-6-7-13(18)15(8-10)20-17(22)12-9-16(21)19-14-5-3-2-4-11(12)14/h2-9H,1H3,(H,19,21)(H,20,22). The van der Waals surface area contributed by atoms with Gasteiger partial charge in [-0.25, -0.2) is 4.39 Å². The predicted molar refractivity (Wildman–Crippen MR) is 83.7 cm³/mol. The van der Waals surface area contributed by atoms with Gasteiger partial charge in [0.1, 0.15) is 5.82 Å². The molecule has 2 N–H and O–H groups in total. The van der Waals surface area contributed by atoms with E-state index in [0.29, 0.717) is 10.9 Å². The van der Waals surface area contributed by atoms with Crippen molar-refractivity contribution >= 4 is 22.5 Å². The number of amides is 1. The lowest BCUT2D eigenvalue weighted by Gasteiger charge is -2.09. The van der Waals surface area contributed by atoms with Crippen LogP contribution in [-0.2, 0) is 0 Å².